The molecule has 0 bridgehead atoms. The summed E-state index contributed by atoms with van der Waals surface area (Å²) in [5.41, 5.74) is 18.3. The van der Waals surface area contributed by atoms with E-state index in [0.717, 1.165) is 33.1 Å². The summed E-state index contributed by atoms with van der Waals surface area (Å²) in [5.74, 6) is 0. The smallest absolute Gasteiger partial charge is 0.135 e. The van der Waals surface area contributed by atoms with Crippen molar-refractivity contribution in [3.63, 3.8) is 0 Å². The third kappa shape index (κ3) is 6.07. The molecule has 4 heterocycles. The number of rotatable bonds is 6. The summed E-state index contributed by atoms with van der Waals surface area (Å²) in [6.07, 6.45) is 0. The maximum Gasteiger partial charge on any atom is 0.135 e. The number of fused-ring (bicyclic) bond motifs is 12. The Balaban J connectivity index is 0.884. The van der Waals surface area contributed by atoms with Crippen LogP contribution in [0.4, 0.5) is 0 Å². The number of para-hydroxylation sites is 1. The average Bonchev–Trinajstić information content (AvgIpc) is 4.18. The van der Waals surface area contributed by atoms with Crippen LogP contribution < -0.4 is 0 Å². The van der Waals surface area contributed by atoms with E-state index < -0.39 is 0 Å². The molecule has 70 heavy (non-hydrogen) atoms. The minimum Gasteiger partial charge on any atom is -0.456 e. The van der Waals surface area contributed by atoms with Crippen LogP contribution in [-0.2, 0) is 0 Å². The third-order valence-electron chi connectivity index (χ3n) is 14.5. The number of furan rings is 1. The Morgan fingerprint density at radius 1 is 0.243 bits per heavy atom. The van der Waals surface area contributed by atoms with Gasteiger partial charge in [-0.2, -0.15) is 0 Å². The Kier molecular flexibility index (Phi) is 8.53. The second kappa shape index (κ2) is 15.3. The van der Waals surface area contributed by atoms with Crippen molar-refractivity contribution in [1.82, 2.24) is 9.13 Å². The average molecular weight is 909 g/mol. The van der Waals surface area contributed by atoms with Crippen molar-refractivity contribution in [2.75, 3.05) is 0 Å². The van der Waals surface area contributed by atoms with E-state index in [-0.39, 0.29) is 0 Å². The highest BCUT2D eigenvalue weighted by Gasteiger charge is 2.19. The van der Waals surface area contributed by atoms with E-state index >= 15 is 0 Å². The van der Waals surface area contributed by atoms with Crippen molar-refractivity contribution >= 4 is 97.1 Å². The Bertz CT molecular complexity index is 4300. The van der Waals surface area contributed by atoms with Crippen molar-refractivity contribution in [3.05, 3.63) is 243 Å². The van der Waals surface area contributed by atoms with Crippen LogP contribution in [0.1, 0.15) is 0 Å². The summed E-state index contributed by atoms with van der Waals surface area (Å²) in [4.78, 5) is 0. The molecule has 15 rings (SSSR count). The highest BCUT2D eigenvalue weighted by atomic mass is 32.1. The van der Waals surface area contributed by atoms with E-state index in [4.69, 9.17) is 4.42 Å². The fourth-order valence-electron chi connectivity index (χ4n) is 11.2. The normalized spacial score (nSPS) is 12.0. The topological polar surface area (TPSA) is 23.0 Å². The maximum atomic E-state index is 6.26. The lowest BCUT2D eigenvalue weighted by molar-refractivity contribution is 0.669. The van der Waals surface area contributed by atoms with Crippen LogP contribution in [0.5, 0.6) is 0 Å². The standard InChI is InChI=1S/C66H40N2OS/c1-3-12-41(13-4-1)45-22-28-59-53(35-45)55-37-47(24-30-61(55)67(59)49-26-32-64-57(39-49)51-18-7-9-20-63(51)69-64)43-16-11-17-44(34-43)48-25-31-62-56(38-48)54-36-46(42-14-5-2-6-15-42)23-29-60(54)68(62)50-27-33-66-58(40-50)52-19-8-10-21-65(52)70-66/h1-40H. The van der Waals surface area contributed by atoms with Gasteiger partial charge in [0.2, 0.25) is 0 Å². The van der Waals surface area contributed by atoms with Crippen LogP contribution in [0.15, 0.2) is 247 Å². The van der Waals surface area contributed by atoms with E-state index in [9.17, 15) is 0 Å². The molecule has 15 aromatic rings. The van der Waals surface area contributed by atoms with E-state index in [2.05, 4.69) is 240 Å². The van der Waals surface area contributed by atoms with Gasteiger partial charge in [-0.15, -0.1) is 11.3 Å². The number of aromatic nitrogens is 2. The number of hydrogen-bond acceptors (Lipinski definition) is 2. The van der Waals surface area contributed by atoms with Crippen molar-refractivity contribution in [3.8, 4) is 55.9 Å². The third-order valence-corrected chi connectivity index (χ3v) is 15.7. The van der Waals surface area contributed by atoms with Crippen molar-refractivity contribution < 1.29 is 4.42 Å². The van der Waals surface area contributed by atoms with Crippen LogP contribution in [0, 0.1) is 0 Å². The molecule has 0 aliphatic carbocycles. The quantitative estimate of drug-likeness (QED) is 0.163. The molecule has 3 nitrogen and oxygen atoms in total. The van der Waals surface area contributed by atoms with E-state index in [0.29, 0.717) is 0 Å². The summed E-state index contributed by atoms with van der Waals surface area (Å²) in [6.45, 7) is 0. The molecule has 4 aromatic heterocycles. The predicted octanol–water partition coefficient (Wildman–Crippen LogP) is 18.8. The van der Waals surface area contributed by atoms with Gasteiger partial charge in [0.05, 0.1) is 22.1 Å². The Morgan fingerprint density at radius 3 is 1.23 bits per heavy atom. The van der Waals surface area contributed by atoms with Crippen LogP contribution in [0.25, 0.3) is 142 Å². The van der Waals surface area contributed by atoms with Crippen molar-refractivity contribution in [1.29, 1.82) is 0 Å². The van der Waals surface area contributed by atoms with Gasteiger partial charge in [0.25, 0.3) is 0 Å². The monoisotopic (exact) mass is 908 g/mol. The van der Waals surface area contributed by atoms with E-state index in [1.165, 1.54) is 108 Å². The zero-order valence-corrected chi connectivity index (χ0v) is 38.6. The predicted molar refractivity (Wildman–Crippen MR) is 297 cm³/mol. The molecule has 0 aliphatic heterocycles. The second-order valence-corrected chi connectivity index (χ2v) is 19.6. The second-order valence-electron chi connectivity index (χ2n) is 18.5. The highest BCUT2D eigenvalue weighted by Crippen LogP contribution is 2.42. The minimum absolute atomic E-state index is 0.894. The van der Waals surface area contributed by atoms with Crippen LogP contribution in [-0.4, -0.2) is 9.13 Å². The molecular formula is C66H40N2OS. The molecule has 0 fully saturated rings. The lowest BCUT2D eigenvalue weighted by atomic mass is 9.96. The molecule has 4 heteroatoms. The number of thiophene rings is 1. The van der Waals surface area contributed by atoms with Crippen molar-refractivity contribution in [2.45, 2.75) is 0 Å². The summed E-state index contributed by atoms with van der Waals surface area (Å²) in [6, 6.07) is 89.0. The first-order chi connectivity index (χ1) is 34.7. The molecule has 0 amide bonds. The fraction of sp³-hybridized carbons (Fsp3) is 0. The van der Waals surface area contributed by atoms with Gasteiger partial charge in [0.15, 0.2) is 0 Å². The van der Waals surface area contributed by atoms with Gasteiger partial charge in [-0.3, -0.25) is 0 Å². The molecule has 0 aliphatic rings. The summed E-state index contributed by atoms with van der Waals surface area (Å²) in [5, 5.41) is 9.75. The maximum absolute atomic E-state index is 6.26. The van der Waals surface area contributed by atoms with Gasteiger partial charge in [-0.25, -0.2) is 0 Å². The summed E-state index contributed by atoms with van der Waals surface area (Å²) in [7, 11) is 0. The molecule has 0 spiro atoms. The van der Waals surface area contributed by atoms with Crippen LogP contribution in [0.3, 0.4) is 0 Å². The molecule has 0 N–H and O–H groups in total. The number of hydrogen-bond donors (Lipinski definition) is 0. The lowest BCUT2D eigenvalue weighted by Crippen LogP contribution is -1.93. The van der Waals surface area contributed by atoms with Gasteiger partial charge in [-0.1, -0.05) is 140 Å². The fourth-order valence-corrected chi connectivity index (χ4v) is 12.3. The first-order valence-electron chi connectivity index (χ1n) is 23.9. The molecule has 326 valence electrons. The summed E-state index contributed by atoms with van der Waals surface area (Å²) >= 11 is 1.86. The molecule has 0 unspecified atom stereocenters. The Hall–Kier alpha value is -8.96. The van der Waals surface area contributed by atoms with E-state index in [1.54, 1.807) is 0 Å². The molecule has 0 atom stereocenters. The zero-order valence-electron chi connectivity index (χ0n) is 37.8. The number of nitrogens with zero attached hydrogens (tertiary/aromatic N) is 2. The lowest BCUT2D eigenvalue weighted by Gasteiger charge is -2.10. The Labute approximate surface area is 407 Å². The first kappa shape index (κ1) is 39.1. The van der Waals surface area contributed by atoms with Crippen molar-refractivity contribution in [2.24, 2.45) is 0 Å². The van der Waals surface area contributed by atoms with Gasteiger partial charge >= 0.3 is 0 Å². The zero-order chi connectivity index (χ0) is 45.9. The van der Waals surface area contributed by atoms with Crippen LogP contribution in [0.2, 0.25) is 0 Å². The number of benzene rings is 11. The molecule has 0 saturated carbocycles. The SMILES string of the molecule is c1ccc(-c2ccc3c(c2)c2cc(-c4cccc(-c5ccc6c(c5)c5cc(-c7ccccc7)ccc5n6-c5ccc6sc7ccccc7c6c5)c4)ccc2n3-c2ccc3oc4ccccc4c3c2)cc1. The van der Waals surface area contributed by atoms with Gasteiger partial charge in [0.1, 0.15) is 11.2 Å². The largest absolute Gasteiger partial charge is 0.456 e. The molecule has 0 radical (unpaired) electrons. The molecular weight excluding hydrogens is 869 g/mol. The summed E-state index contributed by atoms with van der Waals surface area (Å²) < 4.78 is 13.8. The molecule has 0 saturated heterocycles. The highest BCUT2D eigenvalue weighted by molar-refractivity contribution is 7.25. The minimum atomic E-state index is 0.894. The Morgan fingerprint density at radius 2 is 0.657 bits per heavy atom. The van der Waals surface area contributed by atoms with Gasteiger partial charge < -0.3 is 13.6 Å². The molecule has 11 aromatic carbocycles. The van der Waals surface area contributed by atoms with Gasteiger partial charge in [0, 0.05) is 63.9 Å². The van der Waals surface area contributed by atoms with Gasteiger partial charge in [-0.05, 0) is 148 Å². The van der Waals surface area contributed by atoms with E-state index in [1.807, 2.05) is 23.5 Å². The first-order valence-corrected chi connectivity index (χ1v) is 24.7. The van der Waals surface area contributed by atoms with Crippen LogP contribution >= 0.6 is 11.3 Å².